The Bertz CT molecular complexity index is 1110. The number of aryl methyl sites for hydroxylation is 1. The second-order valence-electron chi connectivity index (χ2n) is 6.45. The van der Waals surface area contributed by atoms with E-state index in [1.54, 1.807) is 13.0 Å². The number of methoxy groups -OCH3 is 1. The zero-order valence-corrected chi connectivity index (χ0v) is 17.3. The summed E-state index contributed by atoms with van der Waals surface area (Å²) >= 11 is 0. The van der Waals surface area contributed by atoms with E-state index < -0.39 is 27.3 Å². The van der Waals surface area contributed by atoms with Crippen LogP contribution in [-0.4, -0.2) is 33.1 Å². The molecule has 0 radical (unpaired) electrons. The Morgan fingerprint density at radius 3 is 2.37 bits per heavy atom. The van der Waals surface area contributed by atoms with E-state index >= 15 is 0 Å². The molecule has 0 fully saturated rings. The molecule has 0 aliphatic heterocycles. The quantitative estimate of drug-likeness (QED) is 0.308. The molecule has 3 aromatic rings. The number of aliphatic hydroxyl groups excluding tert-OH is 3. The summed E-state index contributed by atoms with van der Waals surface area (Å²) in [5, 5.41) is 29.0. The average Bonchev–Trinajstić information content (AvgIpc) is 3.08. The molecule has 2 aromatic carbocycles. The highest BCUT2D eigenvalue weighted by Crippen LogP contribution is 2.40. The van der Waals surface area contributed by atoms with Crippen molar-refractivity contribution in [2.45, 2.75) is 26.7 Å². The Labute approximate surface area is 172 Å². The standard InChI is InChI=1S/C20H21O9P/c1-10-17(14-4-3-11(7-21)19(20(14)28-10)29-30(25)26)18(24)12-5-13(8-22)15(9-23)16(6-12)27-2/h3-6,21-23,30H,7-9H2,1-2H3,(H,25,26). The van der Waals surface area contributed by atoms with Crippen LogP contribution in [-0.2, 0) is 24.4 Å². The van der Waals surface area contributed by atoms with Crippen LogP contribution in [0.1, 0.15) is 38.4 Å². The molecule has 0 amide bonds. The molecule has 0 saturated carbocycles. The molecular weight excluding hydrogens is 415 g/mol. The number of ether oxygens (including phenoxy) is 1. The van der Waals surface area contributed by atoms with Crippen LogP contribution < -0.4 is 9.26 Å². The molecule has 30 heavy (non-hydrogen) atoms. The van der Waals surface area contributed by atoms with Gasteiger partial charge in [0.1, 0.15) is 11.5 Å². The second kappa shape index (κ2) is 8.99. The molecule has 1 aromatic heterocycles. The number of ketones is 1. The van der Waals surface area contributed by atoms with Crippen molar-refractivity contribution < 1.29 is 43.3 Å². The largest absolute Gasteiger partial charge is 0.496 e. The Balaban J connectivity index is 2.21. The van der Waals surface area contributed by atoms with Crippen molar-refractivity contribution in [1.82, 2.24) is 0 Å². The lowest BCUT2D eigenvalue weighted by atomic mass is 9.95. The van der Waals surface area contributed by atoms with Crippen molar-refractivity contribution in [1.29, 1.82) is 0 Å². The van der Waals surface area contributed by atoms with Gasteiger partial charge in [-0.05, 0) is 30.7 Å². The second-order valence-corrected chi connectivity index (χ2v) is 7.19. The maximum absolute atomic E-state index is 13.3. The lowest BCUT2D eigenvalue weighted by molar-refractivity contribution is 0.103. The third kappa shape index (κ3) is 3.86. The minimum atomic E-state index is -3.38. The number of fused-ring (bicyclic) bond motifs is 1. The maximum Gasteiger partial charge on any atom is 0.365 e. The highest BCUT2D eigenvalue weighted by Gasteiger charge is 2.25. The van der Waals surface area contributed by atoms with E-state index in [4.69, 9.17) is 13.7 Å². The van der Waals surface area contributed by atoms with E-state index in [-0.39, 0.29) is 46.1 Å². The summed E-state index contributed by atoms with van der Waals surface area (Å²) in [5.74, 6) is -0.0532. The number of hydrogen-bond donors (Lipinski definition) is 4. The molecule has 0 bridgehead atoms. The van der Waals surface area contributed by atoms with Crippen LogP contribution in [0.3, 0.4) is 0 Å². The monoisotopic (exact) mass is 436 g/mol. The minimum Gasteiger partial charge on any atom is -0.496 e. The average molecular weight is 436 g/mol. The minimum absolute atomic E-state index is 0.0659. The number of carbonyl (C=O) groups is 1. The van der Waals surface area contributed by atoms with Gasteiger partial charge in [-0.2, -0.15) is 0 Å². The molecule has 10 heteroatoms. The van der Waals surface area contributed by atoms with Gasteiger partial charge in [-0.1, -0.05) is 6.07 Å². The van der Waals surface area contributed by atoms with Gasteiger partial charge < -0.3 is 33.9 Å². The predicted octanol–water partition coefficient (Wildman–Crippen LogP) is 2.22. The van der Waals surface area contributed by atoms with Gasteiger partial charge in [-0.25, -0.2) is 4.57 Å². The predicted molar refractivity (Wildman–Crippen MR) is 107 cm³/mol. The number of furan rings is 1. The number of hydrogen-bond acceptors (Lipinski definition) is 8. The highest BCUT2D eigenvalue weighted by molar-refractivity contribution is 7.32. The van der Waals surface area contributed by atoms with Gasteiger partial charge in [-0.15, -0.1) is 0 Å². The van der Waals surface area contributed by atoms with Crippen molar-refractivity contribution in [3.8, 4) is 11.5 Å². The van der Waals surface area contributed by atoms with Gasteiger partial charge in [0.15, 0.2) is 17.1 Å². The summed E-state index contributed by atoms with van der Waals surface area (Å²) in [4.78, 5) is 22.5. The number of aliphatic hydroxyl groups is 3. The third-order valence-electron chi connectivity index (χ3n) is 4.77. The molecule has 9 nitrogen and oxygen atoms in total. The number of benzene rings is 2. The molecule has 1 heterocycles. The highest BCUT2D eigenvalue weighted by atomic mass is 31.1. The molecule has 0 aliphatic carbocycles. The van der Waals surface area contributed by atoms with Gasteiger partial charge in [0.2, 0.25) is 0 Å². The Kier molecular flexibility index (Phi) is 6.60. The lowest BCUT2D eigenvalue weighted by Gasteiger charge is -2.13. The summed E-state index contributed by atoms with van der Waals surface area (Å²) in [5.41, 5.74) is 1.41. The fraction of sp³-hybridized carbons (Fsp3) is 0.250. The van der Waals surface area contributed by atoms with Crippen LogP contribution in [0.2, 0.25) is 0 Å². The summed E-state index contributed by atoms with van der Waals surface area (Å²) in [7, 11) is -2.00. The SMILES string of the molecule is COc1cc(C(=O)c2c(C)oc3c(O[PH](=O)O)c(CO)ccc23)cc(CO)c1CO. The summed E-state index contributed by atoms with van der Waals surface area (Å²) in [6, 6.07) is 5.94. The summed E-state index contributed by atoms with van der Waals surface area (Å²) in [6.45, 7) is 0.334. The van der Waals surface area contributed by atoms with Crippen molar-refractivity contribution in [2.24, 2.45) is 0 Å². The van der Waals surface area contributed by atoms with Crippen LogP contribution in [0.15, 0.2) is 28.7 Å². The van der Waals surface area contributed by atoms with Crippen LogP contribution in [0.4, 0.5) is 0 Å². The topological polar surface area (TPSA) is 147 Å². The summed E-state index contributed by atoms with van der Waals surface area (Å²) < 4.78 is 27.1. The van der Waals surface area contributed by atoms with Gasteiger partial charge in [0.25, 0.3) is 0 Å². The molecule has 0 spiro atoms. The number of rotatable bonds is 8. The van der Waals surface area contributed by atoms with E-state index in [1.807, 2.05) is 0 Å². The summed E-state index contributed by atoms with van der Waals surface area (Å²) in [6.07, 6.45) is 0. The van der Waals surface area contributed by atoms with Crippen LogP contribution >= 0.6 is 8.25 Å². The molecule has 160 valence electrons. The Morgan fingerprint density at radius 1 is 1.10 bits per heavy atom. The van der Waals surface area contributed by atoms with Crippen LogP contribution in [0.5, 0.6) is 11.5 Å². The Hall–Kier alpha value is -2.68. The smallest absolute Gasteiger partial charge is 0.365 e. The fourth-order valence-corrected chi connectivity index (χ4v) is 3.78. The molecule has 4 N–H and O–H groups in total. The van der Waals surface area contributed by atoms with E-state index in [1.165, 1.54) is 25.3 Å². The third-order valence-corrected chi connectivity index (χ3v) is 5.15. The van der Waals surface area contributed by atoms with Crippen molar-refractivity contribution in [3.63, 3.8) is 0 Å². The fourth-order valence-electron chi connectivity index (χ4n) is 3.38. The molecule has 1 unspecified atom stereocenters. The molecule has 0 aliphatic rings. The van der Waals surface area contributed by atoms with E-state index in [0.717, 1.165) is 0 Å². The van der Waals surface area contributed by atoms with Gasteiger partial charge in [-0.3, -0.25) is 4.79 Å². The molecule has 3 rings (SSSR count). The van der Waals surface area contributed by atoms with E-state index in [9.17, 15) is 29.6 Å². The number of carbonyl (C=O) groups excluding carboxylic acids is 1. The van der Waals surface area contributed by atoms with Gasteiger partial charge in [0.05, 0.1) is 32.5 Å². The molecule has 0 saturated heterocycles. The van der Waals surface area contributed by atoms with Crippen LogP contribution in [0.25, 0.3) is 11.0 Å². The first kappa shape index (κ1) is 22.0. The lowest BCUT2D eigenvalue weighted by Crippen LogP contribution is -2.07. The molecule has 1 atom stereocenters. The molecular formula is C20H21O9P. The van der Waals surface area contributed by atoms with Crippen molar-refractivity contribution in [2.75, 3.05) is 7.11 Å². The first-order chi connectivity index (χ1) is 14.4. The van der Waals surface area contributed by atoms with E-state index in [2.05, 4.69) is 0 Å². The zero-order chi connectivity index (χ0) is 22.0. The first-order valence-corrected chi connectivity index (χ1v) is 10.1. The van der Waals surface area contributed by atoms with Crippen molar-refractivity contribution in [3.05, 3.63) is 57.8 Å². The normalized spacial score (nSPS) is 12.2. The first-order valence-electron chi connectivity index (χ1n) is 8.89. The van der Waals surface area contributed by atoms with Crippen molar-refractivity contribution >= 4 is 25.0 Å². The van der Waals surface area contributed by atoms with E-state index in [0.29, 0.717) is 16.5 Å². The van der Waals surface area contributed by atoms with Gasteiger partial charge in [0, 0.05) is 22.1 Å². The Morgan fingerprint density at radius 2 is 1.80 bits per heavy atom. The zero-order valence-electron chi connectivity index (χ0n) is 16.3. The van der Waals surface area contributed by atoms with Crippen LogP contribution in [0, 0.1) is 6.92 Å². The maximum atomic E-state index is 13.3. The van der Waals surface area contributed by atoms with Gasteiger partial charge >= 0.3 is 8.25 Å².